The van der Waals surface area contributed by atoms with E-state index in [2.05, 4.69) is 5.32 Å². The van der Waals surface area contributed by atoms with Crippen molar-refractivity contribution < 1.29 is 19.5 Å². The van der Waals surface area contributed by atoms with Gasteiger partial charge >= 0.3 is 5.97 Å². The molecule has 1 aliphatic rings. The van der Waals surface area contributed by atoms with E-state index in [1.54, 1.807) is 13.0 Å². The van der Waals surface area contributed by atoms with Gasteiger partial charge in [0, 0.05) is 5.69 Å². The Hall–Kier alpha value is -3.15. The molecule has 2 amide bonds. The van der Waals surface area contributed by atoms with E-state index < -0.39 is 12.0 Å². The summed E-state index contributed by atoms with van der Waals surface area (Å²) in [6.45, 7) is 3.66. The third kappa shape index (κ3) is 3.10. The molecule has 25 heavy (non-hydrogen) atoms. The first kappa shape index (κ1) is 16.7. The van der Waals surface area contributed by atoms with Crippen LogP contribution in [0.4, 0.5) is 11.4 Å². The SMILES string of the molecule is Cc1ccccc1N[C@H]1CC(=O)N(c2cc(C(=O)O)ccc2C)C1=O. The average molecular weight is 338 g/mol. The Morgan fingerprint density at radius 1 is 1.12 bits per heavy atom. The third-order valence-electron chi connectivity index (χ3n) is 4.32. The van der Waals surface area contributed by atoms with E-state index in [1.165, 1.54) is 12.1 Å². The van der Waals surface area contributed by atoms with Crippen molar-refractivity contribution in [1.29, 1.82) is 0 Å². The second kappa shape index (κ2) is 6.39. The lowest BCUT2D eigenvalue weighted by Crippen LogP contribution is -2.35. The maximum Gasteiger partial charge on any atom is 0.335 e. The highest BCUT2D eigenvalue weighted by Crippen LogP contribution is 2.29. The quantitative estimate of drug-likeness (QED) is 0.837. The molecule has 0 bridgehead atoms. The lowest BCUT2D eigenvalue weighted by Gasteiger charge is -2.19. The lowest BCUT2D eigenvalue weighted by atomic mass is 10.1. The molecule has 0 aromatic heterocycles. The van der Waals surface area contributed by atoms with E-state index in [0.717, 1.165) is 16.2 Å². The zero-order valence-corrected chi connectivity index (χ0v) is 13.9. The fraction of sp³-hybridized carbons (Fsp3) is 0.211. The number of hydrogen-bond donors (Lipinski definition) is 2. The van der Waals surface area contributed by atoms with Gasteiger partial charge in [0.1, 0.15) is 6.04 Å². The molecule has 0 unspecified atom stereocenters. The molecule has 0 radical (unpaired) electrons. The van der Waals surface area contributed by atoms with Gasteiger partial charge in [0.25, 0.3) is 5.91 Å². The van der Waals surface area contributed by atoms with Gasteiger partial charge < -0.3 is 10.4 Å². The van der Waals surface area contributed by atoms with Crippen molar-refractivity contribution in [1.82, 2.24) is 0 Å². The summed E-state index contributed by atoms with van der Waals surface area (Å²) in [7, 11) is 0. The van der Waals surface area contributed by atoms with Crippen LogP contribution in [0.3, 0.4) is 0 Å². The molecule has 1 atom stereocenters. The zero-order valence-electron chi connectivity index (χ0n) is 13.9. The predicted octanol–water partition coefficient (Wildman–Crippen LogP) is 2.75. The molecule has 2 aromatic rings. The van der Waals surface area contributed by atoms with Crippen LogP contribution in [0.15, 0.2) is 42.5 Å². The number of amides is 2. The van der Waals surface area contributed by atoms with Crippen molar-refractivity contribution in [2.24, 2.45) is 0 Å². The minimum atomic E-state index is -1.10. The fourth-order valence-corrected chi connectivity index (χ4v) is 2.90. The standard InChI is InChI=1S/C19H18N2O4/c1-11-5-3-4-6-14(11)20-15-10-17(22)21(18(15)23)16-9-13(19(24)25)8-7-12(16)2/h3-9,15,20H,10H2,1-2H3,(H,24,25)/t15-/m0/s1. The number of benzene rings is 2. The number of carboxylic acids is 1. The number of nitrogens with zero attached hydrogens (tertiary/aromatic N) is 1. The Kier molecular flexibility index (Phi) is 4.27. The largest absolute Gasteiger partial charge is 0.478 e. The van der Waals surface area contributed by atoms with E-state index in [4.69, 9.17) is 5.11 Å². The number of carbonyl (C=O) groups excluding carboxylic acids is 2. The van der Waals surface area contributed by atoms with Crippen molar-refractivity contribution in [2.45, 2.75) is 26.3 Å². The van der Waals surface area contributed by atoms with Gasteiger partial charge in [-0.2, -0.15) is 0 Å². The number of imide groups is 1. The first-order valence-electron chi connectivity index (χ1n) is 7.91. The molecule has 0 spiro atoms. The van der Waals surface area contributed by atoms with E-state index in [0.29, 0.717) is 11.3 Å². The Morgan fingerprint density at radius 3 is 2.52 bits per heavy atom. The minimum absolute atomic E-state index is 0.0317. The summed E-state index contributed by atoms with van der Waals surface area (Å²) in [5.41, 5.74) is 2.81. The van der Waals surface area contributed by atoms with Crippen LogP contribution in [0, 0.1) is 13.8 Å². The number of aromatic carboxylic acids is 1. The van der Waals surface area contributed by atoms with Crippen LogP contribution in [-0.4, -0.2) is 28.9 Å². The van der Waals surface area contributed by atoms with E-state index >= 15 is 0 Å². The first-order valence-corrected chi connectivity index (χ1v) is 7.91. The molecule has 6 heteroatoms. The molecular weight excluding hydrogens is 320 g/mol. The predicted molar refractivity (Wildman–Crippen MR) is 93.8 cm³/mol. The van der Waals surface area contributed by atoms with Crippen LogP contribution < -0.4 is 10.2 Å². The topological polar surface area (TPSA) is 86.7 Å². The van der Waals surface area contributed by atoms with Crippen molar-refractivity contribution in [2.75, 3.05) is 10.2 Å². The second-order valence-electron chi connectivity index (χ2n) is 6.09. The summed E-state index contributed by atoms with van der Waals surface area (Å²) in [6, 6.07) is 11.3. The van der Waals surface area contributed by atoms with Gasteiger partial charge in [0.15, 0.2) is 0 Å². The first-order chi connectivity index (χ1) is 11.9. The molecule has 3 rings (SSSR count). The van der Waals surface area contributed by atoms with E-state index in [9.17, 15) is 14.4 Å². The van der Waals surface area contributed by atoms with Crippen LogP contribution >= 0.6 is 0 Å². The van der Waals surface area contributed by atoms with Crippen molar-refractivity contribution >= 4 is 29.2 Å². The molecule has 2 N–H and O–H groups in total. The zero-order chi connectivity index (χ0) is 18.1. The van der Waals surface area contributed by atoms with Crippen LogP contribution in [0.1, 0.15) is 27.9 Å². The van der Waals surface area contributed by atoms with Gasteiger partial charge in [-0.3, -0.25) is 9.59 Å². The minimum Gasteiger partial charge on any atom is -0.478 e. The fourth-order valence-electron chi connectivity index (χ4n) is 2.90. The third-order valence-corrected chi connectivity index (χ3v) is 4.32. The van der Waals surface area contributed by atoms with Gasteiger partial charge in [-0.25, -0.2) is 9.69 Å². The van der Waals surface area contributed by atoms with Gasteiger partial charge in [-0.1, -0.05) is 24.3 Å². The highest BCUT2D eigenvalue weighted by molar-refractivity contribution is 6.23. The summed E-state index contributed by atoms with van der Waals surface area (Å²) in [5.74, 6) is -1.82. The van der Waals surface area contributed by atoms with Crippen molar-refractivity contribution in [3.8, 4) is 0 Å². The highest BCUT2D eigenvalue weighted by Gasteiger charge is 2.40. The summed E-state index contributed by atoms with van der Waals surface area (Å²) in [6.07, 6.45) is 0.0317. The Morgan fingerprint density at radius 2 is 1.84 bits per heavy atom. The number of anilines is 2. The Bertz CT molecular complexity index is 875. The van der Waals surface area contributed by atoms with Gasteiger partial charge in [-0.15, -0.1) is 0 Å². The number of hydrogen-bond acceptors (Lipinski definition) is 4. The molecule has 0 aliphatic carbocycles. The maximum absolute atomic E-state index is 12.8. The summed E-state index contributed by atoms with van der Waals surface area (Å²) >= 11 is 0. The molecular formula is C19H18N2O4. The van der Waals surface area contributed by atoms with Gasteiger partial charge in [-0.05, 0) is 43.2 Å². The number of nitrogens with one attached hydrogen (secondary N) is 1. The number of carboxylic acid groups (broad SMARTS) is 1. The Labute approximate surface area is 145 Å². The monoisotopic (exact) mass is 338 g/mol. The Balaban J connectivity index is 1.91. The number of carbonyl (C=O) groups is 3. The molecule has 1 fully saturated rings. The second-order valence-corrected chi connectivity index (χ2v) is 6.09. The van der Waals surface area contributed by atoms with Gasteiger partial charge in [0.05, 0.1) is 17.7 Å². The van der Waals surface area contributed by atoms with Gasteiger partial charge in [0.2, 0.25) is 5.91 Å². The number of aryl methyl sites for hydroxylation is 2. The number of para-hydroxylation sites is 1. The number of rotatable bonds is 4. The van der Waals surface area contributed by atoms with E-state index in [-0.39, 0.29) is 23.8 Å². The smallest absolute Gasteiger partial charge is 0.335 e. The van der Waals surface area contributed by atoms with E-state index in [1.807, 2.05) is 31.2 Å². The van der Waals surface area contributed by atoms with Crippen LogP contribution in [-0.2, 0) is 9.59 Å². The average Bonchev–Trinajstić information content (AvgIpc) is 2.84. The van der Waals surface area contributed by atoms with Crippen molar-refractivity contribution in [3.63, 3.8) is 0 Å². The normalized spacial score (nSPS) is 17.0. The molecule has 1 heterocycles. The van der Waals surface area contributed by atoms with Crippen LogP contribution in [0.5, 0.6) is 0 Å². The molecule has 0 saturated carbocycles. The molecule has 1 aliphatic heterocycles. The molecule has 6 nitrogen and oxygen atoms in total. The summed E-state index contributed by atoms with van der Waals surface area (Å²) in [5, 5.41) is 12.3. The lowest BCUT2D eigenvalue weighted by molar-refractivity contribution is -0.121. The van der Waals surface area contributed by atoms with Crippen molar-refractivity contribution in [3.05, 3.63) is 59.2 Å². The summed E-state index contributed by atoms with van der Waals surface area (Å²) < 4.78 is 0. The maximum atomic E-state index is 12.8. The molecule has 2 aromatic carbocycles. The summed E-state index contributed by atoms with van der Waals surface area (Å²) in [4.78, 5) is 37.4. The highest BCUT2D eigenvalue weighted by atomic mass is 16.4. The molecule has 1 saturated heterocycles. The van der Waals surface area contributed by atoms with Crippen LogP contribution in [0.2, 0.25) is 0 Å². The van der Waals surface area contributed by atoms with Crippen LogP contribution in [0.25, 0.3) is 0 Å². The molecule has 128 valence electrons.